The van der Waals surface area contributed by atoms with E-state index in [1.54, 1.807) is 0 Å². The number of carboxylic acids is 2. The summed E-state index contributed by atoms with van der Waals surface area (Å²) in [5.41, 5.74) is -0.530. The van der Waals surface area contributed by atoms with Gasteiger partial charge in [-0.25, -0.2) is 8.78 Å². The zero-order valence-corrected chi connectivity index (χ0v) is 10.1. The van der Waals surface area contributed by atoms with E-state index in [4.69, 9.17) is 10.2 Å². The second kappa shape index (κ2) is 6.12. The Hall–Kier alpha value is -2.18. The quantitative estimate of drug-likeness (QED) is 0.822. The minimum absolute atomic E-state index is 0.306. The third kappa shape index (κ3) is 3.90. The van der Waals surface area contributed by atoms with Crippen molar-refractivity contribution in [2.75, 3.05) is 18.0 Å². The van der Waals surface area contributed by atoms with E-state index in [1.165, 1.54) is 6.92 Å². The highest BCUT2D eigenvalue weighted by atomic mass is 19.1. The number of rotatable bonds is 6. The minimum atomic E-state index is -1.31. The van der Waals surface area contributed by atoms with Gasteiger partial charge in [0.1, 0.15) is 23.9 Å². The SMILES string of the molecule is CC(CN(CC(=O)O)c1c(F)cccc1F)C(=O)O. The first-order valence-corrected chi connectivity index (χ1v) is 5.46. The van der Waals surface area contributed by atoms with Crippen molar-refractivity contribution in [1.29, 1.82) is 0 Å². The van der Waals surface area contributed by atoms with Crippen LogP contribution in [0.1, 0.15) is 6.92 Å². The molecule has 2 N–H and O–H groups in total. The molecule has 0 saturated heterocycles. The van der Waals surface area contributed by atoms with Crippen LogP contribution in [0.2, 0.25) is 0 Å². The van der Waals surface area contributed by atoms with Gasteiger partial charge in [-0.05, 0) is 12.1 Å². The fourth-order valence-corrected chi connectivity index (χ4v) is 1.60. The molecule has 0 heterocycles. The van der Waals surface area contributed by atoms with Crippen molar-refractivity contribution in [3.8, 4) is 0 Å². The molecule has 1 aromatic carbocycles. The van der Waals surface area contributed by atoms with Gasteiger partial charge in [-0.1, -0.05) is 13.0 Å². The van der Waals surface area contributed by atoms with Crippen LogP contribution in [0.5, 0.6) is 0 Å². The second-order valence-electron chi connectivity index (χ2n) is 4.08. The van der Waals surface area contributed by atoms with E-state index in [2.05, 4.69) is 0 Å². The lowest BCUT2D eigenvalue weighted by atomic mass is 10.1. The van der Waals surface area contributed by atoms with Crippen molar-refractivity contribution >= 4 is 17.6 Å². The zero-order valence-electron chi connectivity index (χ0n) is 10.1. The molecule has 0 amide bonds. The lowest BCUT2D eigenvalue weighted by Gasteiger charge is -2.25. The number of hydrogen-bond donors (Lipinski definition) is 2. The number of anilines is 1. The molecule has 0 aliphatic rings. The number of aliphatic carboxylic acids is 2. The predicted octanol–water partition coefficient (Wildman–Crippen LogP) is 1.58. The number of halogens is 2. The summed E-state index contributed by atoms with van der Waals surface area (Å²) in [7, 11) is 0. The number of carboxylic acid groups (broad SMARTS) is 2. The van der Waals surface area contributed by atoms with Gasteiger partial charge >= 0.3 is 11.9 Å². The van der Waals surface area contributed by atoms with E-state index in [0.717, 1.165) is 23.1 Å². The van der Waals surface area contributed by atoms with Gasteiger partial charge in [-0.2, -0.15) is 0 Å². The van der Waals surface area contributed by atoms with Crippen molar-refractivity contribution in [3.63, 3.8) is 0 Å². The van der Waals surface area contributed by atoms with E-state index in [9.17, 15) is 18.4 Å². The topological polar surface area (TPSA) is 77.8 Å². The Morgan fingerprint density at radius 1 is 1.26 bits per heavy atom. The molecular formula is C12H13F2NO4. The van der Waals surface area contributed by atoms with Crippen LogP contribution in [0.25, 0.3) is 0 Å². The molecule has 0 fully saturated rings. The molecular weight excluding hydrogens is 260 g/mol. The van der Waals surface area contributed by atoms with Gasteiger partial charge in [0, 0.05) is 6.54 Å². The van der Waals surface area contributed by atoms with E-state index >= 15 is 0 Å². The van der Waals surface area contributed by atoms with Gasteiger partial charge in [0.2, 0.25) is 0 Å². The summed E-state index contributed by atoms with van der Waals surface area (Å²) < 4.78 is 27.2. The van der Waals surface area contributed by atoms with Crippen LogP contribution in [-0.4, -0.2) is 35.2 Å². The van der Waals surface area contributed by atoms with E-state index in [0.29, 0.717) is 0 Å². The molecule has 0 aliphatic heterocycles. The molecule has 0 spiro atoms. The maximum atomic E-state index is 13.6. The molecule has 7 heteroatoms. The highest BCUT2D eigenvalue weighted by Crippen LogP contribution is 2.24. The predicted molar refractivity (Wildman–Crippen MR) is 63.0 cm³/mol. The van der Waals surface area contributed by atoms with Gasteiger partial charge in [-0.15, -0.1) is 0 Å². The maximum Gasteiger partial charge on any atom is 0.323 e. The smallest absolute Gasteiger partial charge is 0.323 e. The van der Waals surface area contributed by atoms with Crippen molar-refractivity contribution in [2.24, 2.45) is 5.92 Å². The first-order valence-electron chi connectivity index (χ1n) is 5.46. The van der Waals surface area contributed by atoms with Gasteiger partial charge in [0.05, 0.1) is 5.92 Å². The van der Waals surface area contributed by atoms with E-state index < -0.39 is 41.7 Å². The van der Waals surface area contributed by atoms with Crippen molar-refractivity contribution in [1.82, 2.24) is 0 Å². The summed E-state index contributed by atoms with van der Waals surface area (Å²) in [5, 5.41) is 17.5. The fraction of sp³-hybridized carbons (Fsp3) is 0.333. The molecule has 0 saturated carbocycles. The second-order valence-corrected chi connectivity index (χ2v) is 4.08. The molecule has 0 aliphatic carbocycles. The number of nitrogens with zero attached hydrogens (tertiary/aromatic N) is 1. The van der Waals surface area contributed by atoms with Crippen molar-refractivity contribution in [2.45, 2.75) is 6.92 Å². The van der Waals surface area contributed by atoms with Crippen molar-refractivity contribution in [3.05, 3.63) is 29.8 Å². The Morgan fingerprint density at radius 3 is 2.21 bits per heavy atom. The summed E-state index contributed by atoms with van der Waals surface area (Å²) in [6, 6.07) is 3.12. The van der Waals surface area contributed by atoms with Crippen molar-refractivity contribution < 1.29 is 28.6 Å². The summed E-state index contributed by atoms with van der Waals surface area (Å²) in [5.74, 6) is -5.30. The van der Waals surface area contributed by atoms with E-state index in [1.807, 2.05) is 0 Å². The lowest BCUT2D eigenvalue weighted by molar-refractivity contribution is -0.141. The third-order valence-electron chi connectivity index (χ3n) is 2.50. The molecule has 19 heavy (non-hydrogen) atoms. The minimum Gasteiger partial charge on any atom is -0.481 e. The Balaban J connectivity index is 3.09. The normalized spacial score (nSPS) is 11.9. The molecule has 1 aromatic rings. The summed E-state index contributed by atoms with van der Waals surface area (Å²) in [6.45, 7) is 0.338. The number of hydrogen-bond acceptors (Lipinski definition) is 3. The molecule has 1 atom stereocenters. The Bertz CT molecular complexity index is 472. The summed E-state index contributed by atoms with van der Waals surface area (Å²) in [4.78, 5) is 22.3. The number of benzene rings is 1. The maximum absolute atomic E-state index is 13.6. The Morgan fingerprint density at radius 2 is 1.79 bits per heavy atom. The molecule has 1 unspecified atom stereocenters. The largest absolute Gasteiger partial charge is 0.481 e. The lowest BCUT2D eigenvalue weighted by Crippen LogP contribution is -2.37. The first kappa shape index (κ1) is 14.9. The highest BCUT2D eigenvalue weighted by Gasteiger charge is 2.23. The van der Waals surface area contributed by atoms with Gasteiger partial charge in [0.25, 0.3) is 0 Å². The van der Waals surface area contributed by atoms with Crippen LogP contribution in [0.3, 0.4) is 0 Å². The summed E-state index contributed by atoms with van der Waals surface area (Å²) >= 11 is 0. The Kier molecular flexibility index (Phi) is 4.80. The molecule has 104 valence electrons. The Labute approximate surface area is 108 Å². The molecule has 0 aromatic heterocycles. The van der Waals surface area contributed by atoms with Gasteiger partial charge in [0.15, 0.2) is 0 Å². The average Bonchev–Trinajstić information content (AvgIpc) is 2.27. The first-order chi connectivity index (χ1) is 8.82. The number of carbonyl (C=O) groups is 2. The summed E-state index contributed by atoms with van der Waals surface area (Å²) in [6.07, 6.45) is 0. The van der Waals surface area contributed by atoms with Crippen LogP contribution in [0.4, 0.5) is 14.5 Å². The average molecular weight is 273 g/mol. The van der Waals surface area contributed by atoms with Crippen LogP contribution in [0, 0.1) is 17.6 Å². The van der Waals surface area contributed by atoms with Gasteiger partial charge < -0.3 is 15.1 Å². The van der Waals surface area contributed by atoms with Crippen LogP contribution >= 0.6 is 0 Å². The monoisotopic (exact) mass is 273 g/mol. The van der Waals surface area contributed by atoms with E-state index in [-0.39, 0.29) is 6.54 Å². The molecule has 0 bridgehead atoms. The zero-order chi connectivity index (χ0) is 14.6. The van der Waals surface area contributed by atoms with Crippen LogP contribution in [0.15, 0.2) is 18.2 Å². The fourth-order valence-electron chi connectivity index (χ4n) is 1.60. The molecule has 5 nitrogen and oxygen atoms in total. The highest BCUT2D eigenvalue weighted by molar-refractivity contribution is 5.75. The van der Waals surface area contributed by atoms with Gasteiger partial charge in [-0.3, -0.25) is 9.59 Å². The number of para-hydroxylation sites is 1. The standard InChI is InChI=1S/C12H13F2NO4/c1-7(12(18)19)5-15(6-10(16)17)11-8(13)3-2-4-9(11)14/h2-4,7H,5-6H2,1H3,(H,16,17)(H,18,19). The third-order valence-corrected chi connectivity index (χ3v) is 2.50. The van der Waals surface area contributed by atoms with Crippen LogP contribution in [-0.2, 0) is 9.59 Å². The van der Waals surface area contributed by atoms with Crippen LogP contribution < -0.4 is 4.90 Å². The molecule has 1 rings (SSSR count). The molecule has 0 radical (unpaired) electrons.